The highest BCUT2D eigenvalue weighted by Gasteiger charge is 2.16. The standard InChI is InChI=1S/C19H21N5O4/c1-26-15-8-12(9-16(27-2)19(15)28-3)14-10-17(24-23-14)22-18(25)5-4-13-11-20-6-7-21-13/h6-11H,4-5H2,1-3H3,(H2,22,23,24,25). The third-order valence-electron chi connectivity index (χ3n) is 4.05. The molecule has 0 spiro atoms. The molecule has 3 rings (SSSR count). The van der Waals surface area contributed by atoms with Crippen molar-refractivity contribution in [2.75, 3.05) is 26.6 Å². The first-order valence-corrected chi connectivity index (χ1v) is 8.55. The number of amides is 1. The van der Waals surface area contributed by atoms with E-state index in [0.717, 1.165) is 11.3 Å². The van der Waals surface area contributed by atoms with Crippen LogP contribution < -0.4 is 19.5 Å². The number of nitrogens with one attached hydrogen (secondary N) is 2. The van der Waals surface area contributed by atoms with Crippen molar-refractivity contribution in [2.45, 2.75) is 12.8 Å². The molecule has 2 heterocycles. The van der Waals surface area contributed by atoms with Gasteiger partial charge in [-0.25, -0.2) is 0 Å². The Morgan fingerprint density at radius 3 is 2.43 bits per heavy atom. The maximum Gasteiger partial charge on any atom is 0.225 e. The predicted molar refractivity (Wildman–Crippen MR) is 103 cm³/mol. The molecule has 9 nitrogen and oxygen atoms in total. The molecule has 0 unspecified atom stereocenters. The number of aromatic nitrogens is 4. The van der Waals surface area contributed by atoms with Crippen LogP contribution in [0.25, 0.3) is 11.3 Å². The molecule has 2 aromatic heterocycles. The van der Waals surface area contributed by atoms with E-state index in [1.165, 1.54) is 0 Å². The molecule has 146 valence electrons. The second kappa shape index (κ2) is 8.85. The van der Waals surface area contributed by atoms with E-state index in [9.17, 15) is 4.79 Å². The fourth-order valence-electron chi connectivity index (χ4n) is 2.68. The van der Waals surface area contributed by atoms with Crippen molar-refractivity contribution in [3.63, 3.8) is 0 Å². The van der Waals surface area contributed by atoms with Crippen molar-refractivity contribution in [3.05, 3.63) is 42.5 Å². The molecule has 3 aromatic rings. The molecule has 2 N–H and O–H groups in total. The van der Waals surface area contributed by atoms with Crippen molar-refractivity contribution < 1.29 is 19.0 Å². The molecular formula is C19H21N5O4. The summed E-state index contributed by atoms with van der Waals surface area (Å²) in [5.41, 5.74) is 2.24. The van der Waals surface area contributed by atoms with Gasteiger partial charge in [-0.05, 0) is 18.6 Å². The number of carbonyl (C=O) groups is 1. The summed E-state index contributed by atoms with van der Waals surface area (Å²) in [4.78, 5) is 20.3. The van der Waals surface area contributed by atoms with Crippen molar-refractivity contribution in [2.24, 2.45) is 0 Å². The second-order valence-electron chi connectivity index (χ2n) is 5.83. The van der Waals surface area contributed by atoms with Crippen LogP contribution in [0.2, 0.25) is 0 Å². The summed E-state index contributed by atoms with van der Waals surface area (Å²) in [7, 11) is 4.65. The predicted octanol–water partition coefficient (Wildman–Crippen LogP) is 2.46. The van der Waals surface area contributed by atoms with E-state index in [0.29, 0.717) is 35.2 Å². The van der Waals surface area contributed by atoms with Crippen molar-refractivity contribution in [1.29, 1.82) is 0 Å². The van der Waals surface area contributed by atoms with Crippen LogP contribution in [0.3, 0.4) is 0 Å². The number of aromatic amines is 1. The number of aryl methyl sites for hydroxylation is 1. The highest BCUT2D eigenvalue weighted by molar-refractivity contribution is 5.90. The van der Waals surface area contributed by atoms with Crippen LogP contribution in [-0.4, -0.2) is 47.4 Å². The zero-order valence-electron chi connectivity index (χ0n) is 15.9. The largest absolute Gasteiger partial charge is 0.493 e. The Balaban J connectivity index is 1.70. The molecule has 0 aliphatic heterocycles. The Morgan fingerprint density at radius 2 is 1.82 bits per heavy atom. The first-order valence-electron chi connectivity index (χ1n) is 8.55. The average Bonchev–Trinajstić information content (AvgIpc) is 3.20. The summed E-state index contributed by atoms with van der Waals surface area (Å²) in [6, 6.07) is 5.34. The molecule has 0 saturated heterocycles. The van der Waals surface area contributed by atoms with Crippen LogP contribution in [-0.2, 0) is 11.2 Å². The Labute approximate surface area is 162 Å². The highest BCUT2D eigenvalue weighted by Crippen LogP contribution is 2.41. The Kier molecular flexibility index (Phi) is 6.05. The number of nitrogens with zero attached hydrogens (tertiary/aromatic N) is 3. The second-order valence-corrected chi connectivity index (χ2v) is 5.83. The van der Waals surface area contributed by atoms with Crippen LogP contribution in [0, 0.1) is 0 Å². The molecule has 9 heteroatoms. The number of ether oxygens (including phenoxy) is 3. The van der Waals surface area contributed by atoms with Crippen LogP contribution >= 0.6 is 0 Å². The van der Waals surface area contributed by atoms with Crippen LogP contribution in [0.5, 0.6) is 17.2 Å². The van der Waals surface area contributed by atoms with E-state index in [2.05, 4.69) is 25.5 Å². The molecule has 0 radical (unpaired) electrons. The minimum atomic E-state index is -0.159. The molecule has 1 amide bonds. The van der Waals surface area contributed by atoms with Gasteiger partial charge in [0.05, 0.1) is 32.7 Å². The average molecular weight is 383 g/mol. The first kappa shape index (κ1) is 19.2. The number of hydrogen-bond acceptors (Lipinski definition) is 7. The van der Waals surface area contributed by atoms with Gasteiger partial charge < -0.3 is 19.5 Å². The van der Waals surface area contributed by atoms with Gasteiger partial charge in [-0.3, -0.25) is 19.9 Å². The number of methoxy groups -OCH3 is 3. The zero-order valence-corrected chi connectivity index (χ0v) is 15.9. The molecule has 0 fully saturated rings. The molecule has 0 aliphatic rings. The fraction of sp³-hybridized carbons (Fsp3) is 0.263. The molecule has 0 bridgehead atoms. The number of carbonyl (C=O) groups excluding carboxylic acids is 1. The summed E-state index contributed by atoms with van der Waals surface area (Å²) >= 11 is 0. The maximum absolute atomic E-state index is 12.1. The van der Waals surface area contributed by atoms with Crippen molar-refractivity contribution in [3.8, 4) is 28.5 Å². The molecule has 1 aromatic carbocycles. The Morgan fingerprint density at radius 1 is 1.07 bits per heavy atom. The summed E-state index contributed by atoms with van der Waals surface area (Å²) in [5, 5.41) is 9.81. The smallest absolute Gasteiger partial charge is 0.225 e. The summed E-state index contributed by atoms with van der Waals surface area (Å²) < 4.78 is 16.1. The number of anilines is 1. The third-order valence-corrected chi connectivity index (χ3v) is 4.05. The van der Waals surface area contributed by atoms with Crippen molar-refractivity contribution in [1.82, 2.24) is 20.2 Å². The van der Waals surface area contributed by atoms with E-state index in [1.807, 2.05) is 0 Å². The summed E-state index contributed by atoms with van der Waals surface area (Å²) in [6.07, 6.45) is 5.63. The van der Waals surface area contributed by atoms with Gasteiger partial charge in [0.25, 0.3) is 0 Å². The van der Waals surface area contributed by atoms with Gasteiger partial charge in [-0.1, -0.05) is 0 Å². The lowest BCUT2D eigenvalue weighted by Crippen LogP contribution is -2.13. The summed E-state index contributed by atoms with van der Waals surface area (Å²) in [6.45, 7) is 0. The monoisotopic (exact) mass is 383 g/mol. The van der Waals surface area contributed by atoms with Gasteiger partial charge in [0, 0.05) is 36.6 Å². The van der Waals surface area contributed by atoms with Gasteiger partial charge in [-0.2, -0.15) is 5.10 Å². The van der Waals surface area contributed by atoms with E-state index >= 15 is 0 Å². The molecule has 0 saturated carbocycles. The van der Waals surface area contributed by atoms with Crippen LogP contribution in [0.1, 0.15) is 12.1 Å². The van der Waals surface area contributed by atoms with Gasteiger partial charge in [0.15, 0.2) is 17.3 Å². The highest BCUT2D eigenvalue weighted by atomic mass is 16.5. The Bertz CT molecular complexity index is 918. The van der Waals surface area contributed by atoms with Crippen LogP contribution in [0.15, 0.2) is 36.8 Å². The van der Waals surface area contributed by atoms with E-state index in [-0.39, 0.29) is 12.3 Å². The van der Waals surface area contributed by atoms with E-state index in [4.69, 9.17) is 14.2 Å². The lowest BCUT2D eigenvalue weighted by atomic mass is 10.1. The lowest BCUT2D eigenvalue weighted by Gasteiger charge is -2.13. The number of benzene rings is 1. The maximum atomic E-state index is 12.1. The minimum absolute atomic E-state index is 0.159. The Hall–Kier alpha value is -3.62. The third kappa shape index (κ3) is 4.37. The fourth-order valence-corrected chi connectivity index (χ4v) is 2.68. The SMILES string of the molecule is COc1cc(-c2cc(NC(=O)CCc3cnccn3)n[nH]2)cc(OC)c1OC. The molecule has 0 atom stereocenters. The molecule has 0 aliphatic carbocycles. The zero-order chi connectivity index (χ0) is 19.9. The van der Waals surface area contributed by atoms with Gasteiger partial charge in [0.2, 0.25) is 11.7 Å². The normalized spacial score (nSPS) is 10.4. The number of hydrogen-bond donors (Lipinski definition) is 2. The van der Waals surface area contributed by atoms with Crippen LogP contribution in [0.4, 0.5) is 5.82 Å². The first-order chi connectivity index (χ1) is 13.6. The summed E-state index contributed by atoms with van der Waals surface area (Å²) in [5.74, 6) is 1.83. The topological polar surface area (TPSA) is 111 Å². The molecular weight excluding hydrogens is 362 g/mol. The van der Waals surface area contributed by atoms with Gasteiger partial charge in [0.1, 0.15) is 0 Å². The minimum Gasteiger partial charge on any atom is -0.493 e. The van der Waals surface area contributed by atoms with Gasteiger partial charge in [-0.15, -0.1) is 0 Å². The van der Waals surface area contributed by atoms with E-state index < -0.39 is 0 Å². The number of H-pyrrole nitrogens is 1. The van der Waals surface area contributed by atoms with Crippen molar-refractivity contribution >= 4 is 11.7 Å². The lowest BCUT2D eigenvalue weighted by molar-refractivity contribution is -0.116. The number of rotatable bonds is 8. The van der Waals surface area contributed by atoms with E-state index in [1.54, 1.807) is 58.1 Å². The van der Waals surface area contributed by atoms with Gasteiger partial charge >= 0.3 is 0 Å². The quantitative estimate of drug-likeness (QED) is 0.614. The molecule has 28 heavy (non-hydrogen) atoms.